The molecule has 0 heterocycles. The molecule has 0 N–H and O–H groups in total. The van der Waals surface area contributed by atoms with Crippen molar-refractivity contribution in [3.8, 4) is 5.75 Å². The Morgan fingerprint density at radius 2 is 1.24 bits per heavy atom. The van der Waals surface area contributed by atoms with E-state index in [1.807, 2.05) is 7.11 Å². The molecule has 0 amide bonds. The molecule has 0 saturated heterocycles. The minimum Gasteiger partial charge on any atom is -0.496 e. The van der Waals surface area contributed by atoms with Crippen LogP contribution >= 0.6 is 12.6 Å². The summed E-state index contributed by atoms with van der Waals surface area (Å²) in [5.74, 6) is 2.55. The van der Waals surface area contributed by atoms with E-state index in [2.05, 4.69) is 12.1 Å². The summed E-state index contributed by atoms with van der Waals surface area (Å²) in [5.41, 5.74) is 2.87. The number of ether oxygens (including phenoxy) is 1. The van der Waals surface area contributed by atoms with E-state index in [-0.39, 0.29) is 0 Å². The van der Waals surface area contributed by atoms with Gasteiger partial charge in [-0.25, -0.2) is 0 Å². The molecule has 0 atom stereocenters. The van der Waals surface area contributed by atoms with Gasteiger partial charge in [0.05, 0.1) is 7.11 Å². The van der Waals surface area contributed by atoms with Crippen LogP contribution in [0.4, 0.5) is 0 Å². The van der Waals surface area contributed by atoms with E-state index in [4.69, 9.17) is 17.4 Å². The van der Waals surface area contributed by atoms with Crippen LogP contribution in [0, 0.1) is 0 Å². The summed E-state index contributed by atoms with van der Waals surface area (Å²) in [6.07, 6.45) is 13.5. The molecule has 2 saturated carbocycles. The van der Waals surface area contributed by atoms with E-state index in [1.165, 1.54) is 81.1 Å². The van der Waals surface area contributed by atoms with Gasteiger partial charge in [0, 0.05) is 4.90 Å². The van der Waals surface area contributed by atoms with Gasteiger partial charge in [-0.2, -0.15) is 0 Å². The molecule has 116 valence electrons. The van der Waals surface area contributed by atoms with Crippen molar-refractivity contribution >= 4 is 12.6 Å². The fourth-order valence-corrected chi connectivity index (χ4v) is 4.61. The third-order valence-electron chi connectivity index (χ3n) is 5.43. The smallest absolute Gasteiger partial charge is 0.125 e. The fraction of sp³-hybridized carbons (Fsp3) is 0.684. The Balaban J connectivity index is 1.96. The van der Waals surface area contributed by atoms with Gasteiger partial charge in [0.2, 0.25) is 0 Å². The Hall–Kier alpha value is -0.630. The largest absolute Gasteiger partial charge is 0.496 e. The van der Waals surface area contributed by atoms with E-state index in [1.54, 1.807) is 0 Å². The van der Waals surface area contributed by atoms with Gasteiger partial charge in [-0.1, -0.05) is 38.5 Å². The summed E-state index contributed by atoms with van der Waals surface area (Å²) in [7, 11) is 1.85. The highest BCUT2D eigenvalue weighted by Crippen LogP contribution is 2.45. The minimum absolute atomic E-state index is 0.683. The maximum absolute atomic E-state index is 5.90. The van der Waals surface area contributed by atoms with Crippen molar-refractivity contribution in [1.29, 1.82) is 0 Å². The quantitative estimate of drug-likeness (QED) is 0.666. The third kappa shape index (κ3) is 3.41. The van der Waals surface area contributed by atoms with Gasteiger partial charge >= 0.3 is 0 Å². The first-order valence-electron chi connectivity index (χ1n) is 8.70. The maximum Gasteiger partial charge on any atom is 0.125 e. The summed E-state index contributed by atoms with van der Waals surface area (Å²) in [6.45, 7) is 0. The Kier molecular flexibility index (Phi) is 5.15. The fourth-order valence-electron chi connectivity index (χ4n) is 4.33. The highest BCUT2D eigenvalue weighted by molar-refractivity contribution is 7.80. The minimum atomic E-state index is 0.683. The molecule has 2 heteroatoms. The maximum atomic E-state index is 5.90. The van der Waals surface area contributed by atoms with Gasteiger partial charge in [0.25, 0.3) is 0 Å². The lowest BCUT2D eigenvalue weighted by atomic mass is 9.79. The second-order valence-electron chi connectivity index (χ2n) is 6.83. The Morgan fingerprint density at radius 3 is 1.62 bits per heavy atom. The molecule has 0 aromatic heterocycles. The zero-order chi connectivity index (χ0) is 14.7. The number of methoxy groups -OCH3 is 1. The molecular formula is C19H28OS. The molecule has 0 unspecified atom stereocenters. The Labute approximate surface area is 134 Å². The van der Waals surface area contributed by atoms with Crippen LogP contribution in [-0.2, 0) is 0 Å². The predicted octanol–water partition coefficient (Wildman–Crippen LogP) is 6.08. The molecule has 21 heavy (non-hydrogen) atoms. The summed E-state index contributed by atoms with van der Waals surface area (Å²) in [4.78, 5) is 1.12. The van der Waals surface area contributed by atoms with E-state index in [0.717, 1.165) is 4.90 Å². The van der Waals surface area contributed by atoms with Crippen LogP contribution in [0.5, 0.6) is 5.75 Å². The zero-order valence-corrected chi connectivity index (χ0v) is 14.1. The predicted molar refractivity (Wildman–Crippen MR) is 91.9 cm³/mol. The van der Waals surface area contributed by atoms with Crippen LogP contribution in [0.2, 0.25) is 0 Å². The van der Waals surface area contributed by atoms with Crippen molar-refractivity contribution in [2.75, 3.05) is 7.11 Å². The first-order chi connectivity index (χ1) is 10.3. The molecule has 3 rings (SSSR count). The van der Waals surface area contributed by atoms with E-state index < -0.39 is 0 Å². The molecule has 0 bridgehead atoms. The summed E-state index contributed by atoms with van der Waals surface area (Å²) in [6, 6.07) is 4.54. The average Bonchev–Trinajstić information content (AvgIpc) is 2.55. The number of rotatable bonds is 3. The molecule has 0 aliphatic heterocycles. The van der Waals surface area contributed by atoms with Crippen molar-refractivity contribution in [2.24, 2.45) is 0 Å². The molecule has 1 aromatic rings. The molecule has 1 nitrogen and oxygen atoms in total. The highest BCUT2D eigenvalue weighted by atomic mass is 32.1. The van der Waals surface area contributed by atoms with Crippen LogP contribution in [0.1, 0.15) is 87.2 Å². The Morgan fingerprint density at radius 1 is 0.810 bits per heavy atom. The average molecular weight is 304 g/mol. The standard InChI is InChI=1S/C19H28OS/c1-20-19-17(14-8-4-2-5-9-14)12-16(21)13-18(19)15-10-6-3-7-11-15/h12-15,21H,2-11H2,1H3. The lowest BCUT2D eigenvalue weighted by Gasteiger charge is -2.29. The SMILES string of the molecule is COc1c(C2CCCCC2)cc(S)cc1C1CCCCC1. The van der Waals surface area contributed by atoms with Crippen LogP contribution in [0.15, 0.2) is 17.0 Å². The Bertz CT molecular complexity index is 431. The van der Waals surface area contributed by atoms with E-state index in [9.17, 15) is 0 Å². The first-order valence-corrected chi connectivity index (χ1v) is 9.15. The molecule has 2 aliphatic rings. The number of thiol groups is 1. The molecule has 1 aromatic carbocycles. The zero-order valence-electron chi connectivity index (χ0n) is 13.2. The lowest BCUT2D eigenvalue weighted by molar-refractivity contribution is 0.368. The molecule has 2 aliphatic carbocycles. The summed E-state index contributed by atoms with van der Waals surface area (Å²) < 4.78 is 5.90. The van der Waals surface area contributed by atoms with Crippen molar-refractivity contribution in [3.63, 3.8) is 0 Å². The van der Waals surface area contributed by atoms with E-state index in [0.29, 0.717) is 11.8 Å². The van der Waals surface area contributed by atoms with Crippen molar-refractivity contribution in [1.82, 2.24) is 0 Å². The van der Waals surface area contributed by atoms with Gasteiger partial charge in [-0.15, -0.1) is 12.6 Å². The summed E-state index contributed by atoms with van der Waals surface area (Å²) >= 11 is 4.69. The van der Waals surface area contributed by atoms with Crippen LogP contribution in [0.3, 0.4) is 0 Å². The van der Waals surface area contributed by atoms with Crippen molar-refractivity contribution < 1.29 is 4.74 Å². The highest BCUT2D eigenvalue weighted by Gasteiger charge is 2.25. The van der Waals surface area contributed by atoms with Crippen LogP contribution < -0.4 is 4.74 Å². The second-order valence-corrected chi connectivity index (χ2v) is 7.34. The van der Waals surface area contributed by atoms with Gasteiger partial charge in [-0.05, 0) is 60.8 Å². The lowest BCUT2D eigenvalue weighted by Crippen LogP contribution is -2.11. The topological polar surface area (TPSA) is 9.23 Å². The van der Waals surface area contributed by atoms with Crippen molar-refractivity contribution in [3.05, 3.63) is 23.3 Å². The van der Waals surface area contributed by atoms with Crippen LogP contribution in [0.25, 0.3) is 0 Å². The number of hydrogen-bond acceptors (Lipinski definition) is 2. The summed E-state index contributed by atoms with van der Waals surface area (Å²) in [5, 5.41) is 0. The molecule has 0 radical (unpaired) electrons. The number of benzene rings is 1. The van der Waals surface area contributed by atoms with Crippen molar-refractivity contribution in [2.45, 2.75) is 80.9 Å². The molecule has 0 spiro atoms. The second kappa shape index (κ2) is 7.09. The molecule has 2 fully saturated rings. The van der Waals surface area contributed by atoms with E-state index >= 15 is 0 Å². The van der Waals surface area contributed by atoms with Crippen LogP contribution in [-0.4, -0.2) is 7.11 Å². The molecular weight excluding hydrogens is 276 g/mol. The van der Waals surface area contributed by atoms with Gasteiger partial charge < -0.3 is 4.74 Å². The van der Waals surface area contributed by atoms with Gasteiger partial charge in [-0.3, -0.25) is 0 Å². The monoisotopic (exact) mass is 304 g/mol. The van der Waals surface area contributed by atoms with Gasteiger partial charge in [0.15, 0.2) is 0 Å². The first kappa shape index (κ1) is 15.3. The third-order valence-corrected chi connectivity index (χ3v) is 5.68. The normalized spacial score (nSPS) is 21.4. The number of hydrogen-bond donors (Lipinski definition) is 1. The van der Waals surface area contributed by atoms with Gasteiger partial charge in [0.1, 0.15) is 5.75 Å².